The number of hydrogen-bond donors (Lipinski definition) is 1. The monoisotopic (exact) mass is 224 g/mol. The molecule has 0 spiro atoms. The second-order valence-electron chi connectivity index (χ2n) is 3.53. The van der Waals surface area contributed by atoms with E-state index in [0.29, 0.717) is 0 Å². The number of likely N-dealkylation sites (N-methyl/N-ethyl adjacent to an activating group) is 1. The normalized spacial score (nSPS) is 19.9. The summed E-state index contributed by atoms with van der Waals surface area (Å²) < 4.78 is 0. The molecule has 0 bridgehead atoms. The fourth-order valence-electron chi connectivity index (χ4n) is 1.58. The van der Waals surface area contributed by atoms with Crippen molar-refractivity contribution in [1.29, 1.82) is 0 Å². The molecule has 1 aromatic carbocycles. The second-order valence-corrected chi connectivity index (χ2v) is 3.97. The zero-order chi connectivity index (χ0) is 10.7. The van der Waals surface area contributed by atoms with Crippen LogP contribution in [0.1, 0.15) is 12.0 Å². The minimum absolute atomic E-state index is 0.153. The molecule has 0 aromatic heterocycles. The maximum Gasteiger partial charge on any atom is 0.145 e. The van der Waals surface area contributed by atoms with Gasteiger partial charge in [0.1, 0.15) is 6.10 Å². The van der Waals surface area contributed by atoms with Crippen molar-refractivity contribution in [2.24, 2.45) is 5.16 Å². The smallest absolute Gasteiger partial charge is 0.145 e. The summed E-state index contributed by atoms with van der Waals surface area (Å²) in [4.78, 5) is 5.28. The molecule has 1 atom stereocenters. The lowest BCUT2D eigenvalue weighted by Crippen LogP contribution is -2.23. The van der Waals surface area contributed by atoms with Gasteiger partial charge >= 0.3 is 0 Å². The molecule has 4 heteroatoms. The van der Waals surface area contributed by atoms with Gasteiger partial charge in [0.2, 0.25) is 0 Å². The Bertz CT molecular complexity index is 361. The number of rotatable bonds is 3. The van der Waals surface area contributed by atoms with Crippen molar-refractivity contribution in [2.75, 3.05) is 13.6 Å². The van der Waals surface area contributed by atoms with E-state index in [1.807, 2.05) is 31.3 Å². The van der Waals surface area contributed by atoms with Crippen LogP contribution in [0.15, 0.2) is 29.4 Å². The van der Waals surface area contributed by atoms with E-state index in [4.69, 9.17) is 16.4 Å². The minimum atomic E-state index is 0.153. The van der Waals surface area contributed by atoms with E-state index in [-0.39, 0.29) is 6.10 Å². The van der Waals surface area contributed by atoms with E-state index in [1.54, 1.807) is 0 Å². The van der Waals surface area contributed by atoms with E-state index in [0.717, 1.165) is 29.3 Å². The number of halogens is 1. The van der Waals surface area contributed by atoms with Gasteiger partial charge in [-0.15, -0.1) is 0 Å². The largest absolute Gasteiger partial charge is 0.390 e. The lowest BCUT2D eigenvalue weighted by molar-refractivity contribution is 0.0866. The van der Waals surface area contributed by atoms with Crippen molar-refractivity contribution >= 4 is 17.3 Å². The molecule has 1 aliphatic heterocycles. The summed E-state index contributed by atoms with van der Waals surface area (Å²) in [5, 5.41) is 7.88. The van der Waals surface area contributed by atoms with Gasteiger partial charge in [-0.2, -0.15) is 0 Å². The standard InChI is InChI=1S/C11H13ClN2O/c1-13-7-10-6-11(14-15-10)8-2-4-9(12)5-3-8/h2-5,10,13H,6-7H2,1H3. The van der Waals surface area contributed by atoms with Crippen molar-refractivity contribution in [3.63, 3.8) is 0 Å². The van der Waals surface area contributed by atoms with E-state index in [2.05, 4.69) is 10.5 Å². The van der Waals surface area contributed by atoms with Gasteiger partial charge in [-0.25, -0.2) is 0 Å². The third-order valence-corrected chi connectivity index (χ3v) is 2.59. The predicted molar refractivity (Wildman–Crippen MR) is 61.4 cm³/mol. The molecule has 0 saturated heterocycles. The highest BCUT2D eigenvalue weighted by Crippen LogP contribution is 2.18. The molecule has 1 heterocycles. The first-order valence-electron chi connectivity index (χ1n) is 4.93. The molecule has 0 aliphatic carbocycles. The van der Waals surface area contributed by atoms with Crippen LogP contribution in [0.2, 0.25) is 5.02 Å². The third-order valence-electron chi connectivity index (χ3n) is 2.34. The Kier molecular flexibility index (Phi) is 3.23. The average molecular weight is 225 g/mol. The highest BCUT2D eigenvalue weighted by atomic mass is 35.5. The summed E-state index contributed by atoms with van der Waals surface area (Å²) >= 11 is 5.82. The van der Waals surface area contributed by atoms with Crippen LogP contribution in [0, 0.1) is 0 Å². The second kappa shape index (κ2) is 4.64. The molecular formula is C11H13ClN2O. The molecule has 3 nitrogen and oxygen atoms in total. The number of hydrogen-bond acceptors (Lipinski definition) is 3. The van der Waals surface area contributed by atoms with E-state index in [1.165, 1.54) is 0 Å². The molecule has 1 unspecified atom stereocenters. The van der Waals surface area contributed by atoms with Gasteiger partial charge in [0.15, 0.2) is 0 Å². The van der Waals surface area contributed by atoms with Gasteiger partial charge < -0.3 is 10.2 Å². The van der Waals surface area contributed by atoms with Crippen LogP contribution in [-0.4, -0.2) is 25.4 Å². The Balaban J connectivity index is 2.04. The van der Waals surface area contributed by atoms with Crippen molar-refractivity contribution in [3.05, 3.63) is 34.9 Å². The minimum Gasteiger partial charge on any atom is -0.390 e. The zero-order valence-electron chi connectivity index (χ0n) is 8.53. The van der Waals surface area contributed by atoms with Crippen molar-refractivity contribution in [1.82, 2.24) is 5.32 Å². The first-order valence-corrected chi connectivity index (χ1v) is 5.30. The topological polar surface area (TPSA) is 33.6 Å². The number of nitrogens with zero attached hydrogens (tertiary/aromatic N) is 1. The third kappa shape index (κ3) is 2.49. The van der Waals surface area contributed by atoms with Gasteiger partial charge in [-0.3, -0.25) is 0 Å². The Morgan fingerprint density at radius 1 is 1.47 bits per heavy atom. The molecular weight excluding hydrogens is 212 g/mol. The molecule has 80 valence electrons. The van der Waals surface area contributed by atoms with Gasteiger partial charge in [-0.05, 0) is 24.7 Å². The summed E-state index contributed by atoms with van der Waals surface area (Å²) in [5.74, 6) is 0. The highest BCUT2D eigenvalue weighted by Gasteiger charge is 2.20. The lowest BCUT2D eigenvalue weighted by atomic mass is 10.1. The van der Waals surface area contributed by atoms with Gasteiger partial charge in [0.25, 0.3) is 0 Å². The summed E-state index contributed by atoms with van der Waals surface area (Å²) in [6.45, 7) is 0.820. The van der Waals surface area contributed by atoms with Gasteiger partial charge in [0, 0.05) is 18.0 Å². The average Bonchev–Trinajstić information content (AvgIpc) is 2.68. The Hall–Kier alpha value is -1.06. The Morgan fingerprint density at radius 2 is 2.20 bits per heavy atom. The van der Waals surface area contributed by atoms with E-state index >= 15 is 0 Å². The first kappa shape index (κ1) is 10.5. The van der Waals surface area contributed by atoms with Crippen molar-refractivity contribution in [2.45, 2.75) is 12.5 Å². The van der Waals surface area contributed by atoms with E-state index in [9.17, 15) is 0 Å². The zero-order valence-corrected chi connectivity index (χ0v) is 9.29. The van der Waals surface area contributed by atoms with E-state index < -0.39 is 0 Å². The quantitative estimate of drug-likeness (QED) is 0.853. The number of nitrogens with one attached hydrogen (secondary N) is 1. The molecule has 0 saturated carbocycles. The van der Waals surface area contributed by atoms with Crippen LogP contribution in [0.25, 0.3) is 0 Å². The molecule has 0 fully saturated rings. The maximum atomic E-state index is 5.82. The molecule has 1 aliphatic rings. The van der Waals surface area contributed by atoms with Crippen molar-refractivity contribution < 1.29 is 4.84 Å². The van der Waals surface area contributed by atoms with Crippen molar-refractivity contribution in [3.8, 4) is 0 Å². The fraction of sp³-hybridized carbons (Fsp3) is 0.364. The molecule has 1 N–H and O–H groups in total. The van der Waals surface area contributed by atoms with Gasteiger partial charge in [-0.1, -0.05) is 28.9 Å². The lowest BCUT2D eigenvalue weighted by Gasteiger charge is -2.05. The van der Waals surface area contributed by atoms with Crippen LogP contribution in [-0.2, 0) is 4.84 Å². The molecule has 0 radical (unpaired) electrons. The van der Waals surface area contributed by atoms with Crippen LogP contribution in [0.4, 0.5) is 0 Å². The Morgan fingerprint density at radius 3 is 2.87 bits per heavy atom. The summed E-state index contributed by atoms with van der Waals surface area (Å²) in [5.41, 5.74) is 2.07. The number of oxime groups is 1. The summed E-state index contributed by atoms with van der Waals surface area (Å²) in [6.07, 6.45) is 1.00. The van der Waals surface area contributed by atoms with Crippen LogP contribution >= 0.6 is 11.6 Å². The highest BCUT2D eigenvalue weighted by molar-refractivity contribution is 6.30. The van der Waals surface area contributed by atoms with Crippen LogP contribution in [0.5, 0.6) is 0 Å². The Labute approximate surface area is 94.1 Å². The molecule has 2 rings (SSSR count). The number of benzene rings is 1. The molecule has 15 heavy (non-hydrogen) atoms. The summed E-state index contributed by atoms with van der Waals surface area (Å²) in [7, 11) is 1.91. The maximum absolute atomic E-state index is 5.82. The fourth-order valence-corrected chi connectivity index (χ4v) is 1.70. The van der Waals surface area contributed by atoms with Crippen LogP contribution < -0.4 is 5.32 Å². The SMILES string of the molecule is CNCC1CC(c2ccc(Cl)cc2)=NO1. The first-order chi connectivity index (χ1) is 7.29. The van der Waals surface area contributed by atoms with Gasteiger partial charge in [0.05, 0.1) is 5.71 Å². The molecule has 1 aromatic rings. The van der Waals surface area contributed by atoms with Crippen LogP contribution in [0.3, 0.4) is 0 Å². The molecule has 0 amide bonds. The predicted octanol–water partition coefficient (Wildman–Crippen LogP) is 2.05. The summed E-state index contributed by atoms with van der Waals surface area (Å²) in [6, 6.07) is 7.66.